The fourth-order valence-electron chi connectivity index (χ4n) is 4.67. The van der Waals surface area contributed by atoms with E-state index in [-0.39, 0.29) is 17.7 Å². The number of benzene rings is 2. The Kier molecular flexibility index (Phi) is 6.16. The van der Waals surface area contributed by atoms with Gasteiger partial charge in [-0.3, -0.25) is 14.2 Å². The number of H-pyrrole nitrogens is 1. The first-order valence-electron chi connectivity index (χ1n) is 11.5. The summed E-state index contributed by atoms with van der Waals surface area (Å²) in [6.45, 7) is 3.34. The van der Waals surface area contributed by atoms with Crippen LogP contribution in [0.1, 0.15) is 46.1 Å². The van der Waals surface area contributed by atoms with Crippen molar-refractivity contribution in [1.82, 2.24) is 29.2 Å². The molecule has 37 heavy (non-hydrogen) atoms. The molecule has 1 aliphatic rings. The van der Waals surface area contributed by atoms with Crippen LogP contribution in [0.15, 0.2) is 53.4 Å². The molecule has 0 radical (unpaired) electrons. The van der Waals surface area contributed by atoms with Crippen LogP contribution in [0.3, 0.4) is 0 Å². The van der Waals surface area contributed by atoms with Crippen LogP contribution in [0.4, 0.5) is 0 Å². The third-order valence-corrected chi connectivity index (χ3v) is 9.96. The zero-order chi connectivity index (χ0) is 26.5. The Morgan fingerprint density at radius 3 is 2.43 bits per heavy atom. The number of sulfonamides is 2. The smallest absolute Gasteiger partial charge is 0.244 e. The van der Waals surface area contributed by atoms with Gasteiger partial charge in [0.15, 0.2) is 0 Å². The van der Waals surface area contributed by atoms with Gasteiger partial charge in [0.1, 0.15) is 16.0 Å². The summed E-state index contributed by atoms with van der Waals surface area (Å²) in [7, 11) is -6.04. The first-order chi connectivity index (χ1) is 17.4. The molecule has 3 N–H and O–H groups in total. The molecule has 1 unspecified atom stereocenters. The van der Waals surface area contributed by atoms with Crippen molar-refractivity contribution in [3.63, 3.8) is 0 Å². The summed E-state index contributed by atoms with van der Waals surface area (Å²) in [5.41, 5.74) is 3.62. The fraction of sp³-hybridized carbons (Fsp3) is 0.292. The SMILES string of the molecule is Cc1nn(C)c(C)c1S(=O)(=O)N[C@@H](Cc1ccc(C2CC(=O)NS2(=O)=O)cc1)c1nc2ccccc2[nH]1. The highest BCUT2D eigenvalue weighted by Gasteiger charge is 2.37. The maximum Gasteiger partial charge on any atom is 0.244 e. The highest BCUT2D eigenvalue weighted by Crippen LogP contribution is 2.31. The van der Waals surface area contributed by atoms with Crippen molar-refractivity contribution in [2.24, 2.45) is 7.05 Å². The number of aromatic amines is 1. The summed E-state index contributed by atoms with van der Waals surface area (Å²) < 4.78 is 57.8. The molecule has 11 nitrogen and oxygen atoms in total. The lowest BCUT2D eigenvalue weighted by Gasteiger charge is -2.18. The molecule has 0 saturated carbocycles. The summed E-state index contributed by atoms with van der Waals surface area (Å²) in [5.74, 6) is -0.0874. The Morgan fingerprint density at radius 1 is 1.14 bits per heavy atom. The molecule has 1 amide bonds. The van der Waals surface area contributed by atoms with Crippen LogP contribution in [0.5, 0.6) is 0 Å². The van der Waals surface area contributed by atoms with Crippen LogP contribution in [-0.4, -0.2) is 42.5 Å². The lowest BCUT2D eigenvalue weighted by molar-refractivity contribution is -0.118. The van der Waals surface area contributed by atoms with Gasteiger partial charge in [-0.2, -0.15) is 5.10 Å². The highest BCUT2D eigenvalue weighted by molar-refractivity contribution is 7.90. The zero-order valence-electron chi connectivity index (χ0n) is 20.4. The van der Waals surface area contributed by atoms with Gasteiger partial charge in [0.25, 0.3) is 0 Å². The normalized spacial score (nSPS) is 18.2. The molecule has 4 aromatic rings. The maximum absolute atomic E-state index is 13.5. The van der Waals surface area contributed by atoms with E-state index in [1.807, 2.05) is 29.0 Å². The summed E-state index contributed by atoms with van der Waals surface area (Å²) in [6.07, 6.45) is 0.110. The number of hydrogen-bond acceptors (Lipinski definition) is 7. The number of amides is 1. The predicted molar refractivity (Wildman–Crippen MR) is 136 cm³/mol. The molecule has 0 spiro atoms. The molecule has 0 bridgehead atoms. The number of para-hydroxylation sites is 2. The van der Waals surface area contributed by atoms with Gasteiger partial charge in [-0.25, -0.2) is 26.5 Å². The van der Waals surface area contributed by atoms with Crippen LogP contribution in [0, 0.1) is 13.8 Å². The van der Waals surface area contributed by atoms with Crippen molar-refractivity contribution in [2.45, 2.75) is 42.9 Å². The number of imidazole rings is 1. The topological polar surface area (TPSA) is 156 Å². The van der Waals surface area contributed by atoms with E-state index in [4.69, 9.17) is 0 Å². The summed E-state index contributed by atoms with van der Waals surface area (Å²) >= 11 is 0. The second-order valence-electron chi connectivity index (χ2n) is 9.15. The Balaban J connectivity index is 1.49. The van der Waals surface area contributed by atoms with Crippen LogP contribution in [0.2, 0.25) is 0 Å². The quantitative estimate of drug-likeness (QED) is 0.323. The Hall–Kier alpha value is -3.55. The largest absolute Gasteiger partial charge is 0.341 e. The van der Waals surface area contributed by atoms with Gasteiger partial charge >= 0.3 is 0 Å². The van der Waals surface area contributed by atoms with Crippen LogP contribution >= 0.6 is 0 Å². The summed E-state index contributed by atoms with van der Waals surface area (Å²) in [6, 6.07) is 13.4. The van der Waals surface area contributed by atoms with Gasteiger partial charge in [0, 0.05) is 7.05 Å². The lowest BCUT2D eigenvalue weighted by Crippen LogP contribution is -2.31. The van der Waals surface area contributed by atoms with Gasteiger partial charge in [-0.1, -0.05) is 36.4 Å². The average molecular weight is 543 g/mol. The van der Waals surface area contributed by atoms with Crippen molar-refractivity contribution in [1.29, 1.82) is 0 Å². The minimum Gasteiger partial charge on any atom is -0.341 e. The number of nitrogens with one attached hydrogen (secondary N) is 3. The molecular formula is C24H26N6O5S2. The first kappa shape index (κ1) is 25.1. The van der Waals surface area contributed by atoms with Gasteiger partial charge in [-0.05, 0) is 43.5 Å². The van der Waals surface area contributed by atoms with Crippen molar-refractivity contribution in [3.05, 3.63) is 76.9 Å². The van der Waals surface area contributed by atoms with E-state index in [1.165, 1.54) is 4.68 Å². The van der Waals surface area contributed by atoms with Gasteiger partial charge in [0.05, 0.1) is 34.9 Å². The fourth-order valence-corrected chi connectivity index (χ4v) is 7.74. The van der Waals surface area contributed by atoms with E-state index < -0.39 is 37.2 Å². The molecule has 5 rings (SSSR count). The summed E-state index contributed by atoms with van der Waals surface area (Å²) in [4.78, 5) is 19.6. The Bertz CT molecular complexity index is 1690. The molecular weight excluding hydrogens is 516 g/mol. The molecule has 13 heteroatoms. The van der Waals surface area contributed by atoms with Crippen molar-refractivity contribution >= 4 is 37.0 Å². The van der Waals surface area contributed by atoms with E-state index in [0.717, 1.165) is 11.1 Å². The lowest BCUT2D eigenvalue weighted by atomic mass is 10.0. The highest BCUT2D eigenvalue weighted by atomic mass is 32.2. The molecule has 3 heterocycles. The number of rotatable bonds is 7. The molecule has 2 aromatic heterocycles. The van der Waals surface area contributed by atoms with E-state index in [1.54, 1.807) is 45.2 Å². The number of carbonyl (C=O) groups excluding carboxylic acids is 1. The second kappa shape index (κ2) is 9.08. The standard InChI is InChI=1S/C24H26N6O5S2/c1-14-23(15(2)30(3)27-14)37(34,35)28-20(24-25-18-6-4-5-7-19(18)26-24)12-16-8-10-17(11-9-16)21-13-22(31)29-36(21,32)33/h4-11,20-21,28H,12-13H2,1-3H3,(H,25,26)(H,29,31)/t20-,21?/m0/s1. The molecule has 1 aliphatic heterocycles. The average Bonchev–Trinajstić information content (AvgIpc) is 3.46. The number of aromatic nitrogens is 4. The number of fused-ring (bicyclic) bond motifs is 1. The number of nitrogens with zero attached hydrogens (tertiary/aromatic N) is 3. The van der Waals surface area contributed by atoms with Gasteiger partial charge in [-0.15, -0.1) is 0 Å². The minimum atomic E-state index is -3.97. The predicted octanol–water partition coefficient (Wildman–Crippen LogP) is 2.07. The summed E-state index contributed by atoms with van der Waals surface area (Å²) in [5, 5.41) is 3.29. The molecule has 1 fully saturated rings. The van der Waals surface area contributed by atoms with Crippen LogP contribution in [-0.2, 0) is 38.3 Å². The van der Waals surface area contributed by atoms with E-state index >= 15 is 0 Å². The number of hydrogen-bond donors (Lipinski definition) is 3. The van der Waals surface area contributed by atoms with Crippen molar-refractivity contribution < 1.29 is 21.6 Å². The molecule has 0 aliphatic carbocycles. The molecule has 2 aromatic carbocycles. The van der Waals surface area contributed by atoms with Gasteiger partial charge in [0.2, 0.25) is 26.0 Å². The van der Waals surface area contributed by atoms with Crippen molar-refractivity contribution in [3.8, 4) is 0 Å². The number of carbonyl (C=O) groups is 1. The van der Waals surface area contributed by atoms with Crippen LogP contribution < -0.4 is 9.44 Å². The monoisotopic (exact) mass is 542 g/mol. The van der Waals surface area contributed by atoms with E-state index in [2.05, 4.69) is 19.8 Å². The zero-order valence-corrected chi connectivity index (χ0v) is 22.0. The van der Waals surface area contributed by atoms with E-state index in [0.29, 0.717) is 28.3 Å². The third kappa shape index (κ3) is 4.77. The van der Waals surface area contributed by atoms with Crippen LogP contribution in [0.25, 0.3) is 11.0 Å². The molecule has 194 valence electrons. The molecule has 1 saturated heterocycles. The minimum absolute atomic E-state index is 0.120. The Morgan fingerprint density at radius 2 is 1.84 bits per heavy atom. The Labute approximate surface area is 214 Å². The molecule has 2 atom stereocenters. The third-order valence-electron chi connectivity index (χ3n) is 6.54. The second-order valence-corrected chi connectivity index (χ2v) is 12.7. The maximum atomic E-state index is 13.5. The van der Waals surface area contributed by atoms with Gasteiger partial charge < -0.3 is 4.98 Å². The van der Waals surface area contributed by atoms with E-state index in [9.17, 15) is 21.6 Å². The van der Waals surface area contributed by atoms with Crippen molar-refractivity contribution in [2.75, 3.05) is 0 Å². The number of aryl methyl sites for hydroxylation is 2. The first-order valence-corrected chi connectivity index (χ1v) is 14.6.